The first kappa shape index (κ1) is 23.0. The number of aryl methyl sites for hydroxylation is 2. The molecule has 9 heteroatoms. The number of hydrogen-bond acceptors (Lipinski definition) is 5. The van der Waals surface area contributed by atoms with E-state index in [0.29, 0.717) is 29.3 Å². The van der Waals surface area contributed by atoms with Gasteiger partial charge in [0.25, 0.3) is 5.92 Å². The molecule has 0 bridgehead atoms. The quantitative estimate of drug-likeness (QED) is 0.518. The Morgan fingerprint density at radius 3 is 2.56 bits per heavy atom. The molecule has 166 valence electrons. The smallest absolute Gasteiger partial charge is 0.280 e. The summed E-state index contributed by atoms with van der Waals surface area (Å²) in [7, 11) is 1.91. The summed E-state index contributed by atoms with van der Waals surface area (Å²) in [6.45, 7) is 2.58. The number of pyridine rings is 1. The second-order valence-electron chi connectivity index (χ2n) is 7.84. The van der Waals surface area contributed by atoms with E-state index in [4.69, 9.17) is 5.41 Å². The van der Waals surface area contributed by atoms with E-state index in [1.807, 2.05) is 42.8 Å². The zero-order valence-corrected chi connectivity index (χ0v) is 18.2. The number of imidazole rings is 1. The van der Waals surface area contributed by atoms with Gasteiger partial charge in [-0.3, -0.25) is 0 Å². The van der Waals surface area contributed by atoms with Gasteiger partial charge in [-0.25, -0.2) is 23.1 Å². The number of halogens is 3. The summed E-state index contributed by atoms with van der Waals surface area (Å²) < 4.78 is 43.0. The third-order valence-corrected chi connectivity index (χ3v) is 5.46. The van der Waals surface area contributed by atoms with Crippen molar-refractivity contribution < 1.29 is 13.2 Å². The van der Waals surface area contributed by atoms with E-state index in [0.717, 1.165) is 30.0 Å². The number of nitrogens with zero attached hydrogens (tertiary/aromatic N) is 4. The number of rotatable bonds is 7. The third-order valence-electron chi connectivity index (χ3n) is 5.46. The molecule has 0 aliphatic rings. The summed E-state index contributed by atoms with van der Waals surface area (Å²) in [6.07, 6.45) is 2.31. The van der Waals surface area contributed by atoms with E-state index in [-0.39, 0.29) is 5.69 Å². The van der Waals surface area contributed by atoms with Crippen LogP contribution in [0, 0.1) is 23.7 Å². The van der Waals surface area contributed by atoms with Crippen molar-refractivity contribution in [3.63, 3.8) is 0 Å². The van der Waals surface area contributed by atoms with E-state index < -0.39 is 18.1 Å². The topological polar surface area (TPSA) is 90.4 Å². The number of allylic oxidation sites excluding steroid dienone is 1. The van der Waals surface area contributed by atoms with Crippen LogP contribution in [0.3, 0.4) is 0 Å². The number of fused-ring (bicyclic) bond motifs is 1. The molecule has 2 aromatic heterocycles. The SMILES string of the molecule is Cc1nc2cc(-c3nc(C#N)ccc3/C(C=N)=C/NCC(C)(F)C(C)(F)F)ccc2n1C. The first-order valence-electron chi connectivity index (χ1n) is 9.84. The van der Waals surface area contributed by atoms with Gasteiger partial charge in [0.15, 0.2) is 5.67 Å². The van der Waals surface area contributed by atoms with Crippen molar-refractivity contribution in [1.82, 2.24) is 19.9 Å². The van der Waals surface area contributed by atoms with Gasteiger partial charge < -0.3 is 15.3 Å². The molecule has 2 heterocycles. The minimum Gasteiger partial charge on any atom is -0.387 e. The van der Waals surface area contributed by atoms with Gasteiger partial charge in [0.05, 0.1) is 23.3 Å². The lowest BCUT2D eigenvalue weighted by Gasteiger charge is -2.27. The molecule has 2 N–H and O–H groups in total. The summed E-state index contributed by atoms with van der Waals surface area (Å²) in [5, 5.41) is 19.6. The predicted molar refractivity (Wildman–Crippen MR) is 118 cm³/mol. The molecule has 32 heavy (non-hydrogen) atoms. The molecule has 0 spiro atoms. The Morgan fingerprint density at radius 2 is 1.94 bits per heavy atom. The maximum atomic E-state index is 14.2. The Bertz CT molecular complexity index is 1250. The fourth-order valence-electron chi connectivity index (χ4n) is 3.15. The molecule has 6 nitrogen and oxygen atoms in total. The van der Waals surface area contributed by atoms with Crippen LogP contribution in [0.25, 0.3) is 27.9 Å². The van der Waals surface area contributed by atoms with Gasteiger partial charge in [-0.15, -0.1) is 0 Å². The zero-order chi connectivity index (χ0) is 23.7. The lowest BCUT2D eigenvalue weighted by Crippen LogP contribution is -2.46. The molecular weight excluding hydrogens is 417 g/mol. The fourth-order valence-corrected chi connectivity index (χ4v) is 3.15. The first-order valence-corrected chi connectivity index (χ1v) is 9.84. The molecule has 0 fully saturated rings. The second-order valence-corrected chi connectivity index (χ2v) is 7.84. The number of alkyl halides is 3. The molecule has 1 unspecified atom stereocenters. The van der Waals surface area contributed by atoms with Crippen LogP contribution in [-0.2, 0) is 7.05 Å². The number of aromatic nitrogens is 3. The molecule has 0 aliphatic carbocycles. The van der Waals surface area contributed by atoms with Crippen molar-refractivity contribution >= 4 is 22.8 Å². The monoisotopic (exact) mass is 440 g/mol. The molecule has 0 saturated carbocycles. The highest BCUT2D eigenvalue weighted by Crippen LogP contribution is 2.32. The zero-order valence-electron chi connectivity index (χ0n) is 18.2. The Labute approximate surface area is 183 Å². The van der Waals surface area contributed by atoms with Crippen molar-refractivity contribution in [2.45, 2.75) is 32.4 Å². The molecule has 0 radical (unpaired) electrons. The molecule has 1 atom stereocenters. The summed E-state index contributed by atoms with van der Waals surface area (Å²) in [5.74, 6) is -2.70. The molecule has 3 aromatic rings. The molecular formula is C23H23F3N6. The predicted octanol–water partition coefficient (Wildman–Crippen LogP) is 4.78. The molecule has 1 aromatic carbocycles. The van der Waals surface area contributed by atoms with Gasteiger partial charge in [-0.2, -0.15) is 5.26 Å². The van der Waals surface area contributed by atoms with E-state index in [1.165, 1.54) is 12.3 Å². The first-order chi connectivity index (χ1) is 15.0. The molecule has 0 saturated heterocycles. The van der Waals surface area contributed by atoms with Crippen LogP contribution in [0.4, 0.5) is 13.2 Å². The Morgan fingerprint density at radius 1 is 1.22 bits per heavy atom. The lowest BCUT2D eigenvalue weighted by atomic mass is 9.99. The maximum absolute atomic E-state index is 14.2. The van der Waals surface area contributed by atoms with Crippen LogP contribution < -0.4 is 5.32 Å². The second kappa shape index (κ2) is 8.46. The summed E-state index contributed by atoms with van der Waals surface area (Å²) in [4.78, 5) is 8.92. The molecule has 0 aliphatic heterocycles. The average Bonchev–Trinajstić information content (AvgIpc) is 3.03. The maximum Gasteiger partial charge on any atom is 0.280 e. The lowest BCUT2D eigenvalue weighted by molar-refractivity contribution is -0.111. The van der Waals surface area contributed by atoms with Gasteiger partial charge in [0, 0.05) is 43.1 Å². The van der Waals surface area contributed by atoms with Crippen LogP contribution in [-0.4, -0.2) is 38.9 Å². The molecule has 3 rings (SSSR count). The van der Waals surface area contributed by atoms with E-state index in [1.54, 1.807) is 6.07 Å². The van der Waals surface area contributed by atoms with Crippen LogP contribution >= 0.6 is 0 Å². The van der Waals surface area contributed by atoms with Crippen LogP contribution in [0.15, 0.2) is 36.5 Å². The largest absolute Gasteiger partial charge is 0.387 e. The highest BCUT2D eigenvalue weighted by atomic mass is 19.3. The standard InChI is InChI=1S/C23H23F3N6/c1-14-30-19-9-15(5-8-20(19)32(14)4)21-18(7-6-17(11-28)31-21)16(10-27)12-29-13-22(2,24)23(3,25)26/h5-10,12,27,29H,13H2,1-4H3/b16-12+,27-10?. The van der Waals surface area contributed by atoms with E-state index in [2.05, 4.69) is 15.3 Å². The number of nitrogens with one attached hydrogen (secondary N) is 2. The van der Waals surface area contributed by atoms with Gasteiger partial charge >= 0.3 is 0 Å². The van der Waals surface area contributed by atoms with Gasteiger partial charge in [-0.1, -0.05) is 6.07 Å². The van der Waals surface area contributed by atoms with Gasteiger partial charge in [0.1, 0.15) is 17.6 Å². The highest BCUT2D eigenvalue weighted by molar-refractivity contribution is 6.10. The van der Waals surface area contributed by atoms with E-state index in [9.17, 15) is 18.4 Å². The minimum absolute atomic E-state index is 0.181. The van der Waals surface area contributed by atoms with Crippen LogP contribution in [0.2, 0.25) is 0 Å². The summed E-state index contributed by atoms with van der Waals surface area (Å²) >= 11 is 0. The number of hydrogen-bond donors (Lipinski definition) is 2. The van der Waals surface area contributed by atoms with Crippen molar-refractivity contribution in [2.75, 3.05) is 6.54 Å². The average molecular weight is 440 g/mol. The third kappa shape index (κ3) is 4.35. The van der Waals surface area contributed by atoms with Gasteiger partial charge in [0.2, 0.25) is 0 Å². The van der Waals surface area contributed by atoms with Crippen molar-refractivity contribution in [3.05, 3.63) is 53.6 Å². The fraction of sp³-hybridized carbons (Fsp3) is 0.304. The number of nitriles is 1. The Balaban J connectivity index is 2.05. The van der Waals surface area contributed by atoms with Gasteiger partial charge in [-0.05, 0) is 38.1 Å². The Hall–Kier alpha value is -3.67. The minimum atomic E-state index is -3.53. The normalized spacial score (nSPS) is 14.1. The summed E-state index contributed by atoms with van der Waals surface area (Å²) in [5.41, 5.74) is 0.961. The van der Waals surface area contributed by atoms with Crippen LogP contribution in [0.5, 0.6) is 0 Å². The molecule has 0 amide bonds. The summed E-state index contributed by atoms with van der Waals surface area (Å²) in [6, 6.07) is 10.7. The van der Waals surface area contributed by atoms with Crippen molar-refractivity contribution in [1.29, 1.82) is 10.7 Å². The van der Waals surface area contributed by atoms with Crippen molar-refractivity contribution in [2.24, 2.45) is 7.05 Å². The highest BCUT2D eigenvalue weighted by Gasteiger charge is 2.46. The number of benzene rings is 1. The van der Waals surface area contributed by atoms with Crippen molar-refractivity contribution in [3.8, 4) is 17.3 Å². The van der Waals surface area contributed by atoms with E-state index >= 15 is 0 Å². The Kier molecular flexibility index (Phi) is 6.08. The van der Waals surface area contributed by atoms with Crippen LogP contribution in [0.1, 0.15) is 30.9 Å².